The van der Waals surface area contributed by atoms with E-state index in [0.29, 0.717) is 17.3 Å². The number of carbonyl (C=O) groups is 1. The predicted octanol–water partition coefficient (Wildman–Crippen LogP) is 6.46. The quantitative estimate of drug-likeness (QED) is 0.135. The number of nitrogens with zero attached hydrogens (tertiary/aromatic N) is 4. The van der Waals surface area contributed by atoms with Crippen LogP contribution in [0.3, 0.4) is 0 Å². The van der Waals surface area contributed by atoms with Gasteiger partial charge in [-0.05, 0) is 25.0 Å². The molecule has 0 unspecified atom stereocenters. The standard InChI is InChI=1S/C27H24N4O2S3/c1-27(2)13-19-21(14-33-27)36-24-22(19)23-29-30-26(35-16-20(32)18-11-7-4-8-12-18)31(23)25(28-24)34-15-17-9-5-3-6-10-17/h3-12H,13-16H2,1-2H3. The Labute approximate surface area is 221 Å². The number of Topliss-reactive ketones (excluding diaryl/α,β-unsaturated/α-hetero) is 1. The molecule has 5 aromatic rings. The van der Waals surface area contributed by atoms with E-state index >= 15 is 0 Å². The van der Waals surface area contributed by atoms with E-state index in [0.717, 1.165) is 33.2 Å². The Hall–Kier alpha value is -2.72. The molecule has 1 aliphatic rings. The summed E-state index contributed by atoms with van der Waals surface area (Å²) in [7, 11) is 0. The van der Waals surface area contributed by atoms with Crippen molar-refractivity contribution in [1.29, 1.82) is 0 Å². The lowest BCUT2D eigenvalue weighted by Crippen LogP contribution is -2.31. The Balaban J connectivity index is 1.42. The number of carbonyl (C=O) groups excluding carboxylic acids is 1. The van der Waals surface area contributed by atoms with Gasteiger partial charge < -0.3 is 4.74 Å². The fourth-order valence-corrected chi connectivity index (χ4v) is 7.33. The van der Waals surface area contributed by atoms with E-state index in [1.807, 2.05) is 52.9 Å². The third-order valence-electron chi connectivity index (χ3n) is 6.15. The first-order chi connectivity index (χ1) is 17.5. The van der Waals surface area contributed by atoms with Crippen molar-refractivity contribution in [1.82, 2.24) is 19.6 Å². The number of thiophene rings is 1. The van der Waals surface area contributed by atoms with E-state index in [4.69, 9.17) is 9.72 Å². The van der Waals surface area contributed by atoms with Gasteiger partial charge in [0.25, 0.3) is 0 Å². The van der Waals surface area contributed by atoms with Crippen molar-refractivity contribution in [3.05, 3.63) is 82.2 Å². The molecular formula is C27H24N4O2S3. The first-order valence-corrected chi connectivity index (χ1v) is 14.5. The highest BCUT2D eigenvalue weighted by Crippen LogP contribution is 2.41. The summed E-state index contributed by atoms with van der Waals surface area (Å²) in [4.78, 5) is 20.1. The molecule has 2 aromatic carbocycles. The number of hydrogen-bond acceptors (Lipinski definition) is 8. The van der Waals surface area contributed by atoms with Crippen LogP contribution in [-0.4, -0.2) is 36.7 Å². The lowest BCUT2D eigenvalue weighted by molar-refractivity contribution is -0.0379. The summed E-state index contributed by atoms with van der Waals surface area (Å²) in [6.07, 6.45) is 0.804. The van der Waals surface area contributed by atoms with E-state index in [2.05, 4.69) is 36.2 Å². The van der Waals surface area contributed by atoms with Crippen LogP contribution in [0.1, 0.15) is 40.2 Å². The highest BCUT2D eigenvalue weighted by Gasteiger charge is 2.31. The van der Waals surface area contributed by atoms with Crippen molar-refractivity contribution in [3.63, 3.8) is 0 Å². The third kappa shape index (κ3) is 4.56. The number of hydrogen-bond donors (Lipinski definition) is 0. The molecule has 9 heteroatoms. The van der Waals surface area contributed by atoms with Crippen molar-refractivity contribution in [2.75, 3.05) is 5.75 Å². The van der Waals surface area contributed by atoms with Gasteiger partial charge in [0, 0.05) is 22.6 Å². The zero-order valence-electron chi connectivity index (χ0n) is 19.9. The minimum Gasteiger partial charge on any atom is -0.370 e. The Kier molecular flexibility index (Phi) is 6.33. The minimum absolute atomic E-state index is 0.0664. The Morgan fingerprint density at radius 1 is 1.03 bits per heavy atom. The molecule has 6 nitrogen and oxygen atoms in total. The third-order valence-corrected chi connectivity index (χ3v) is 9.19. The lowest BCUT2D eigenvalue weighted by Gasteiger charge is -2.30. The Bertz CT molecular complexity index is 1560. The van der Waals surface area contributed by atoms with E-state index in [9.17, 15) is 4.79 Å². The van der Waals surface area contributed by atoms with Crippen LogP contribution in [0.4, 0.5) is 0 Å². The summed E-state index contributed by atoms with van der Waals surface area (Å²) in [5.41, 5.74) is 3.75. The summed E-state index contributed by atoms with van der Waals surface area (Å²) in [5.74, 6) is 1.13. The van der Waals surface area contributed by atoms with Gasteiger partial charge in [-0.25, -0.2) is 9.38 Å². The van der Waals surface area contributed by atoms with Gasteiger partial charge in [-0.15, -0.1) is 21.5 Å². The average molecular weight is 533 g/mol. The van der Waals surface area contributed by atoms with Crippen LogP contribution in [0.2, 0.25) is 0 Å². The molecule has 182 valence electrons. The van der Waals surface area contributed by atoms with Gasteiger partial charge in [0.05, 0.1) is 23.3 Å². The summed E-state index contributed by atoms with van der Waals surface area (Å²) in [6.45, 7) is 4.83. The maximum absolute atomic E-state index is 12.8. The highest BCUT2D eigenvalue weighted by atomic mass is 32.2. The van der Waals surface area contributed by atoms with Crippen molar-refractivity contribution in [3.8, 4) is 0 Å². The van der Waals surface area contributed by atoms with Crippen LogP contribution in [0.5, 0.6) is 0 Å². The molecule has 0 amide bonds. The second-order valence-corrected chi connectivity index (χ2v) is 12.3. The summed E-state index contributed by atoms with van der Waals surface area (Å²) in [5, 5.41) is 11.7. The second-order valence-electron chi connectivity index (χ2n) is 9.30. The van der Waals surface area contributed by atoms with Crippen molar-refractivity contribution in [2.45, 2.75) is 48.5 Å². The molecular weight excluding hydrogens is 509 g/mol. The predicted molar refractivity (Wildman–Crippen MR) is 146 cm³/mol. The molecule has 6 rings (SSSR count). The van der Waals surface area contributed by atoms with Gasteiger partial charge in [0.15, 0.2) is 21.7 Å². The number of aromatic nitrogens is 4. The maximum atomic E-state index is 12.8. The molecule has 0 N–H and O–H groups in total. The second kappa shape index (κ2) is 9.63. The first-order valence-electron chi connectivity index (χ1n) is 11.7. The number of thioether (sulfide) groups is 2. The molecule has 0 saturated carbocycles. The summed E-state index contributed by atoms with van der Waals surface area (Å²) < 4.78 is 8.11. The van der Waals surface area contributed by atoms with E-state index < -0.39 is 0 Å². The van der Waals surface area contributed by atoms with Gasteiger partial charge in [-0.1, -0.05) is 84.2 Å². The van der Waals surface area contributed by atoms with Gasteiger partial charge in [-0.3, -0.25) is 4.79 Å². The van der Waals surface area contributed by atoms with E-state index in [1.54, 1.807) is 23.1 Å². The van der Waals surface area contributed by atoms with E-state index in [1.165, 1.54) is 27.8 Å². The molecule has 1 aliphatic heterocycles. The molecule has 0 saturated heterocycles. The largest absolute Gasteiger partial charge is 0.370 e. The van der Waals surface area contributed by atoms with Crippen LogP contribution >= 0.6 is 34.9 Å². The normalized spacial score (nSPS) is 14.8. The minimum atomic E-state index is -0.238. The zero-order chi connectivity index (χ0) is 24.7. The molecule has 3 aromatic heterocycles. The monoisotopic (exact) mass is 532 g/mol. The summed E-state index contributed by atoms with van der Waals surface area (Å²) in [6, 6.07) is 19.7. The zero-order valence-corrected chi connectivity index (χ0v) is 22.4. The van der Waals surface area contributed by atoms with Crippen molar-refractivity contribution in [2.24, 2.45) is 0 Å². The van der Waals surface area contributed by atoms with Gasteiger partial charge >= 0.3 is 0 Å². The topological polar surface area (TPSA) is 69.4 Å². The number of fused-ring (bicyclic) bond motifs is 5. The van der Waals surface area contributed by atoms with Crippen molar-refractivity contribution < 1.29 is 9.53 Å². The smallest absolute Gasteiger partial charge is 0.198 e. The molecule has 4 heterocycles. The van der Waals surface area contributed by atoms with Gasteiger partial charge in [0.1, 0.15) is 4.83 Å². The highest BCUT2D eigenvalue weighted by molar-refractivity contribution is 8.00. The molecule has 0 aliphatic carbocycles. The fraction of sp³-hybridized carbons (Fsp3) is 0.259. The molecule has 0 atom stereocenters. The first kappa shape index (κ1) is 23.7. The number of ether oxygens (including phenoxy) is 1. The average Bonchev–Trinajstić information content (AvgIpc) is 3.47. The number of benzene rings is 2. The van der Waals surface area contributed by atoms with Crippen molar-refractivity contribution >= 4 is 56.5 Å². The summed E-state index contributed by atoms with van der Waals surface area (Å²) >= 11 is 4.76. The van der Waals surface area contributed by atoms with Crippen LogP contribution in [0.25, 0.3) is 15.9 Å². The molecule has 0 radical (unpaired) electrons. The Morgan fingerprint density at radius 2 is 1.78 bits per heavy atom. The van der Waals surface area contributed by atoms with Gasteiger partial charge in [0.2, 0.25) is 0 Å². The van der Waals surface area contributed by atoms with Crippen LogP contribution < -0.4 is 0 Å². The number of ketones is 1. The van der Waals surface area contributed by atoms with E-state index in [-0.39, 0.29) is 17.1 Å². The lowest BCUT2D eigenvalue weighted by atomic mass is 9.94. The maximum Gasteiger partial charge on any atom is 0.198 e. The molecule has 0 fully saturated rings. The fourth-order valence-electron chi connectivity index (χ4n) is 4.34. The van der Waals surface area contributed by atoms with Gasteiger partial charge in [-0.2, -0.15) is 0 Å². The van der Waals surface area contributed by atoms with Crippen LogP contribution in [0.15, 0.2) is 71.0 Å². The molecule has 0 bridgehead atoms. The SMILES string of the molecule is CC1(C)Cc2c(sc3nc(SCc4ccccc4)n4c(SCC(=O)c5ccccc5)nnc4c23)CO1. The molecule has 0 spiro atoms. The van der Waals surface area contributed by atoms with Crippen LogP contribution in [-0.2, 0) is 23.5 Å². The Morgan fingerprint density at radius 3 is 2.56 bits per heavy atom. The van der Waals surface area contributed by atoms with Crippen LogP contribution in [0, 0.1) is 0 Å². The number of rotatable bonds is 7. The molecule has 36 heavy (non-hydrogen) atoms.